The van der Waals surface area contributed by atoms with Gasteiger partial charge in [-0.1, -0.05) is 18.2 Å². The summed E-state index contributed by atoms with van der Waals surface area (Å²) in [5.74, 6) is -0.313. The number of carbonyl (C=O) groups is 1. The van der Waals surface area contributed by atoms with Gasteiger partial charge in [-0.3, -0.25) is 9.59 Å². The van der Waals surface area contributed by atoms with Gasteiger partial charge in [0.1, 0.15) is 5.69 Å². The van der Waals surface area contributed by atoms with E-state index in [1.54, 1.807) is 24.2 Å². The normalized spacial score (nSPS) is 11.2. The van der Waals surface area contributed by atoms with Gasteiger partial charge in [-0.25, -0.2) is 0 Å². The minimum Gasteiger partial charge on any atom is -0.349 e. The lowest BCUT2D eigenvalue weighted by molar-refractivity contribution is 0.0951. The zero-order chi connectivity index (χ0) is 20.7. The lowest BCUT2D eigenvalue weighted by Gasteiger charge is -2.05. The number of pyridine rings is 1. The van der Waals surface area contributed by atoms with Crippen molar-refractivity contribution in [2.24, 2.45) is 14.1 Å². The largest absolute Gasteiger partial charge is 0.349 e. The Morgan fingerprint density at radius 2 is 1.76 bits per heavy atom. The SMILES string of the molecule is Cc1nn(-c2ccccc2)nc1CNC(=O)c1cn(C)c2c(C)cn(C)c(=O)c12. The third-order valence-corrected chi connectivity index (χ3v) is 5.00. The van der Waals surface area contributed by atoms with E-state index in [4.69, 9.17) is 0 Å². The molecule has 0 atom stereocenters. The molecule has 148 valence electrons. The second-order valence-corrected chi connectivity index (χ2v) is 7.15. The van der Waals surface area contributed by atoms with Crippen LogP contribution in [0.2, 0.25) is 0 Å². The number of hydrogen-bond donors (Lipinski definition) is 1. The average Bonchev–Trinajstić information content (AvgIpc) is 3.25. The molecule has 8 heteroatoms. The number of carbonyl (C=O) groups excluding carboxylic acids is 1. The van der Waals surface area contributed by atoms with E-state index in [0.717, 1.165) is 22.5 Å². The van der Waals surface area contributed by atoms with Gasteiger partial charge in [0.25, 0.3) is 11.5 Å². The first-order valence-corrected chi connectivity index (χ1v) is 9.28. The second-order valence-electron chi connectivity index (χ2n) is 7.15. The summed E-state index contributed by atoms with van der Waals surface area (Å²) >= 11 is 0. The molecule has 1 N–H and O–H groups in total. The van der Waals surface area contributed by atoms with Crippen LogP contribution in [0.5, 0.6) is 0 Å². The molecule has 4 rings (SSSR count). The molecule has 0 saturated carbocycles. The maximum absolute atomic E-state index is 12.9. The molecular formula is C21H22N6O2. The Kier molecular flexibility index (Phi) is 4.54. The van der Waals surface area contributed by atoms with E-state index in [9.17, 15) is 9.59 Å². The lowest BCUT2D eigenvalue weighted by atomic mass is 10.1. The standard InChI is InChI=1S/C21H22N6O2/c1-13-11-26(4)21(29)18-16(12-25(3)19(13)18)20(28)22-10-17-14(2)23-27(24-17)15-8-6-5-7-9-15/h5-9,11-12H,10H2,1-4H3,(H,22,28). The minimum absolute atomic E-state index is 0.192. The van der Waals surface area contributed by atoms with Crippen molar-refractivity contribution in [3.63, 3.8) is 0 Å². The zero-order valence-corrected chi connectivity index (χ0v) is 16.8. The fourth-order valence-corrected chi connectivity index (χ4v) is 3.59. The first kappa shape index (κ1) is 18.7. The van der Waals surface area contributed by atoms with Crippen LogP contribution in [0.25, 0.3) is 16.6 Å². The summed E-state index contributed by atoms with van der Waals surface area (Å²) in [6.07, 6.45) is 3.47. The highest BCUT2D eigenvalue weighted by molar-refractivity contribution is 6.07. The first-order chi connectivity index (χ1) is 13.9. The molecule has 0 unspecified atom stereocenters. The average molecular weight is 390 g/mol. The highest BCUT2D eigenvalue weighted by Crippen LogP contribution is 2.20. The molecule has 0 spiro atoms. The molecule has 0 aliphatic heterocycles. The maximum Gasteiger partial charge on any atom is 0.260 e. The monoisotopic (exact) mass is 390 g/mol. The smallest absolute Gasteiger partial charge is 0.260 e. The van der Waals surface area contributed by atoms with E-state index in [1.807, 2.05) is 55.8 Å². The summed E-state index contributed by atoms with van der Waals surface area (Å²) < 4.78 is 3.32. The van der Waals surface area contributed by atoms with Crippen molar-refractivity contribution < 1.29 is 4.79 Å². The van der Waals surface area contributed by atoms with Crippen molar-refractivity contribution in [1.29, 1.82) is 0 Å². The second kappa shape index (κ2) is 7.05. The molecule has 1 aromatic carbocycles. The van der Waals surface area contributed by atoms with Crippen LogP contribution in [-0.2, 0) is 20.6 Å². The Morgan fingerprint density at radius 1 is 1.03 bits per heavy atom. The van der Waals surface area contributed by atoms with Gasteiger partial charge in [-0.2, -0.15) is 15.0 Å². The van der Waals surface area contributed by atoms with Gasteiger partial charge in [0.05, 0.1) is 34.4 Å². The Balaban J connectivity index is 1.62. The van der Waals surface area contributed by atoms with E-state index in [1.165, 1.54) is 4.57 Å². The van der Waals surface area contributed by atoms with Gasteiger partial charge in [0, 0.05) is 26.5 Å². The Bertz CT molecular complexity index is 1280. The van der Waals surface area contributed by atoms with Gasteiger partial charge in [-0.15, -0.1) is 0 Å². The van der Waals surface area contributed by atoms with Gasteiger partial charge < -0.3 is 14.5 Å². The molecule has 0 saturated heterocycles. The molecule has 8 nitrogen and oxygen atoms in total. The van der Waals surface area contributed by atoms with Crippen molar-refractivity contribution in [2.45, 2.75) is 20.4 Å². The molecule has 1 amide bonds. The predicted molar refractivity (Wildman–Crippen MR) is 110 cm³/mol. The van der Waals surface area contributed by atoms with Crippen molar-refractivity contribution in [3.05, 3.63) is 75.6 Å². The fraction of sp³-hybridized carbons (Fsp3) is 0.238. The lowest BCUT2D eigenvalue weighted by Crippen LogP contribution is -2.25. The number of nitrogens with zero attached hydrogens (tertiary/aromatic N) is 5. The van der Waals surface area contributed by atoms with Crippen LogP contribution in [-0.4, -0.2) is 30.0 Å². The number of benzene rings is 1. The van der Waals surface area contributed by atoms with Crippen LogP contribution in [0.4, 0.5) is 0 Å². The number of fused-ring (bicyclic) bond motifs is 1. The Labute approximate surface area is 167 Å². The highest BCUT2D eigenvalue weighted by Gasteiger charge is 2.20. The molecule has 0 radical (unpaired) electrons. The number of aromatic nitrogens is 5. The predicted octanol–water partition coefficient (Wildman–Crippen LogP) is 2.00. The number of hydrogen-bond acceptors (Lipinski definition) is 4. The van der Waals surface area contributed by atoms with Gasteiger partial charge >= 0.3 is 0 Å². The molecular weight excluding hydrogens is 368 g/mol. The molecule has 3 aromatic heterocycles. The van der Waals surface area contributed by atoms with Crippen LogP contribution < -0.4 is 10.9 Å². The van der Waals surface area contributed by atoms with Gasteiger partial charge in [0.15, 0.2) is 0 Å². The summed E-state index contributed by atoms with van der Waals surface area (Å²) in [7, 11) is 3.52. The van der Waals surface area contributed by atoms with Crippen LogP contribution in [0.1, 0.15) is 27.3 Å². The van der Waals surface area contributed by atoms with Crippen molar-refractivity contribution >= 4 is 16.8 Å². The summed E-state index contributed by atoms with van der Waals surface area (Å²) in [4.78, 5) is 27.1. The Hall–Kier alpha value is -3.68. The van der Waals surface area contributed by atoms with Crippen molar-refractivity contribution in [2.75, 3.05) is 0 Å². The third kappa shape index (κ3) is 3.22. The number of amides is 1. The van der Waals surface area contributed by atoms with E-state index in [0.29, 0.717) is 16.6 Å². The molecule has 29 heavy (non-hydrogen) atoms. The van der Waals surface area contributed by atoms with Crippen LogP contribution in [0.15, 0.2) is 47.5 Å². The molecule has 0 aliphatic carbocycles. The van der Waals surface area contributed by atoms with Crippen LogP contribution >= 0.6 is 0 Å². The maximum atomic E-state index is 12.9. The highest BCUT2D eigenvalue weighted by atomic mass is 16.2. The number of nitrogens with one attached hydrogen (secondary N) is 1. The molecule has 0 fully saturated rings. The minimum atomic E-state index is -0.313. The van der Waals surface area contributed by atoms with E-state index < -0.39 is 0 Å². The summed E-state index contributed by atoms with van der Waals surface area (Å²) in [5, 5.41) is 12.2. The van der Waals surface area contributed by atoms with Gasteiger partial charge in [-0.05, 0) is 31.5 Å². The summed E-state index contributed by atoms with van der Waals surface area (Å²) in [6.45, 7) is 4.00. The van der Waals surface area contributed by atoms with Gasteiger partial charge in [0.2, 0.25) is 0 Å². The Morgan fingerprint density at radius 3 is 2.48 bits per heavy atom. The summed E-state index contributed by atoms with van der Waals surface area (Å²) in [6, 6.07) is 9.58. The number of para-hydroxylation sites is 1. The van der Waals surface area contributed by atoms with Crippen LogP contribution in [0, 0.1) is 13.8 Å². The first-order valence-electron chi connectivity index (χ1n) is 9.28. The number of rotatable bonds is 4. The number of aryl methyl sites for hydroxylation is 4. The molecule has 0 bridgehead atoms. The zero-order valence-electron chi connectivity index (χ0n) is 16.8. The molecule has 0 aliphatic rings. The van der Waals surface area contributed by atoms with Crippen molar-refractivity contribution in [1.82, 2.24) is 29.4 Å². The van der Waals surface area contributed by atoms with E-state index in [2.05, 4.69) is 15.5 Å². The summed E-state index contributed by atoms with van der Waals surface area (Å²) in [5.41, 5.74) is 4.13. The molecule has 4 aromatic rings. The van der Waals surface area contributed by atoms with Crippen molar-refractivity contribution in [3.8, 4) is 5.69 Å². The van der Waals surface area contributed by atoms with E-state index >= 15 is 0 Å². The topological polar surface area (TPSA) is 86.7 Å². The van der Waals surface area contributed by atoms with E-state index in [-0.39, 0.29) is 18.0 Å². The quantitative estimate of drug-likeness (QED) is 0.577. The third-order valence-electron chi connectivity index (χ3n) is 5.00. The van der Waals surface area contributed by atoms with Crippen LogP contribution in [0.3, 0.4) is 0 Å². The molecule has 3 heterocycles. The fourth-order valence-electron chi connectivity index (χ4n) is 3.59.